The molecule has 18 nitrogen and oxygen atoms in total. The van der Waals surface area contributed by atoms with E-state index < -0.39 is 46.8 Å². The van der Waals surface area contributed by atoms with Crippen molar-refractivity contribution < 1.29 is 124 Å². The summed E-state index contributed by atoms with van der Waals surface area (Å²) in [5, 5.41) is 74.6. The van der Waals surface area contributed by atoms with Crippen molar-refractivity contribution in [2.45, 2.75) is 52.9 Å². The molecule has 0 heterocycles. The Morgan fingerprint density at radius 3 is 0.604 bits per heavy atom. The summed E-state index contributed by atoms with van der Waals surface area (Å²) in [6, 6.07) is 0. The van der Waals surface area contributed by atoms with Gasteiger partial charge in [-0.25, -0.2) is 0 Å². The third-order valence-electron chi connectivity index (χ3n) is 6.86. The zero-order valence-electron chi connectivity index (χ0n) is 29.2. The molecular formula is C28H64Cu2O18. The molecule has 0 saturated heterocycles. The quantitative estimate of drug-likeness (QED) is 0.0236. The van der Waals surface area contributed by atoms with Gasteiger partial charge in [0, 0.05) is 62.6 Å². The molecule has 0 aliphatic heterocycles. The van der Waals surface area contributed by atoms with Crippen molar-refractivity contribution in [2.24, 2.45) is 21.7 Å². The maximum atomic E-state index is 9.33. The zero-order chi connectivity index (χ0) is 34.5. The molecular weight excluding hydrogens is 751 g/mol. The van der Waals surface area contributed by atoms with Crippen molar-refractivity contribution >= 4 is 0 Å². The van der Waals surface area contributed by atoms with Crippen molar-refractivity contribution in [3.8, 4) is 0 Å². The molecule has 0 aliphatic carbocycles. The van der Waals surface area contributed by atoms with Crippen LogP contribution in [0.1, 0.15) is 27.7 Å². The molecule has 2 radical (unpaired) electrons. The van der Waals surface area contributed by atoms with Gasteiger partial charge in [0.2, 0.25) is 0 Å². The van der Waals surface area contributed by atoms with Crippen molar-refractivity contribution in [1.82, 2.24) is 0 Å². The summed E-state index contributed by atoms with van der Waals surface area (Å²) >= 11 is 0. The fourth-order valence-electron chi connectivity index (χ4n) is 3.54. The Morgan fingerprint density at radius 1 is 0.354 bits per heavy atom. The summed E-state index contributed by atoms with van der Waals surface area (Å²) < 4.78 is 41.2. The summed E-state index contributed by atoms with van der Waals surface area (Å²) in [5.74, 6) is 0. The van der Waals surface area contributed by atoms with Gasteiger partial charge in [-0.15, -0.1) is 0 Å². The first-order valence-electron chi connectivity index (χ1n) is 14.1. The topological polar surface area (TPSA) is 299 Å². The number of rotatable bonds is 26. The van der Waals surface area contributed by atoms with Crippen molar-refractivity contribution in [3.63, 3.8) is 0 Å². The molecule has 0 amide bonds. The van der Waals surface area contributed by atoms with Crippen LogP contribution in [-0.4, -0.2) is 185 Å². The summed E-state index contributed by atoms with van der Waals surface area (Å²) in [4.78, 5) is 0. The Kier molecular flexibility index (Phi) is 40.3. The summed E-state index contributed by atoms with van der Waals surface area (Å²) in [6.45, 7) is 8.46. The largest absolute Gasteiger partial charge is 0.412 e. The van der Waals surface area contributed by atoms with Gasteiger partial charge >= 0.3 is 0 Å². The van der Waals surface area contributed by atoms with Crippen molar-refractivity contribution in [1.29, 1.82) is 0 Å². The standard InChI is InChI=1S/2C14H30O8.2Cu.2H2O/c2*1-13(7-19-3,11(15)16)9-21-5-6-22-10-14(2,8-20-4)12(17)18;;;;/h2*11-12,15-18H,5-10H2,1-4H3;;;2*1H2. The van der Waals surface area contributed by atoms with E-state index >= 15 is 0 Å². The minimum absolute atomic E-state index is 0. The summed E-state index contributed by atoms with van der Waals surface area (Å²) in [7, 11) is 5.89. The Bertz CT molecular complexity index is 587. The van der Waals surface area contributed by atoms with E-state index in [2.05, 4.69) is 0 Å². The molecule has 20 heteroatoms. The molecule has 306 valence electrons. The Hall–Kier alpha value is 0.319. The van der Waals surface area contributed by atoms with E-state index in [1.807, 2.05) is 0 Å². The van der Waals surface area contributed by atoms with Gasteiger partial charge in [-0.3, -0.25) is 0 Å². The Balaban J connectivity index is -0.000000170. The van der Waals surface area contributed by atoms with Crippen molar-refractivity contribution in [2.75, 3.05) is 108 Å². The molecule has 0 fully saturated rings. The molecule has 48 heavy (non-hydrogen) atoms. The predicted octanol–water partition coefficient (Wildman–Crippen LogP) is -3.76. The first kappa shape index (κ1) is 60.4. The first-order chi connectivity index (χ1) is 20.4. The molecule has 0 rings (SSSR count). The van der Waals surface area contributed by atoms with Gasteiger partial charge in [0.05, 0.1) is 101 Å². The molecule has 0 spiro atoms. The first-order valence-corrected chi connectivity index (χ1v) is 14.1. The fraction of sp³-hybridized carbons (Fsp3) is 1.00. The molecule has 0 bridgehead atoms. The Labute approximate surface area is 305 Å². The average Bonchev–Trinajstić information content (AvgIpc) is 2.93. The van der Waals surface area contributed by atoms with E-state index in [9.17, 15) is 40.9 Å². The molecule has 0 saturated carbocycles. The number of ether oxygens (including phenoxy) is 8. The third-order valence-corrected chi connectivity index (χ3v) is 6.86. The van der Waals surface area contributed by atoms with Crippen LogP contribution in [0.2, 0.25) is 0 Å². The zero-order valence-corrected chi connectivity index (χ0v) is 31.1. The number of aliphatic hydroxyl groups is 8. The maximum absolute atomic E-state index is 9.33. The molecule has 4 unspecified atom stereocenters. The minimum Gasteiger partial charge on any atom is -0.412 e. The smallest absolute Gasteiger partial charge is 0.161 e. The number of aliphatic hydroxyl groups excluding tert-OH is 4. The number of hydrogen-bond acceptors (Lipinski definition) is 16. The predicted molar refractivity (Wildman–Crippen MR) is 163 cm³/mol. The van der Waals surface area contributed by atoms with Crippen LogP contribution in [-0.2, 0) is 72.0 Å². The molecule has 0 aromatic rings. The third kappa shape index (κ3) is 24.5. The van der Waals surface area contributed by atoms with Crippen LogP contribution in [0.25, 0.3) is 0 Å². The van der Waals surface area contributed by atoms with Crippen LogP contribution in [0.3, 0.4) is 0 Å². The van der Waals surface area contributed by atoms with E-state index in [1.165, 1.54) is 28.4 Å². The minimum atomic E-state index is -1.55. The van der Waals surface area contributed by atoms with Crippen LogP contribution in [0.5, 0.6) is 0 Å². The molecule has 0 aromatic heterocycles. The van der Waals surface area contributed by atoms with Crippen molar-refractivity contribution in [3.05, 3.63) is 0 Å². The molecule has 4 atom stereocenters. The molecule has 0 aliphatic rings. The van der Waals surface area contributed by atoms with Crippen LogP contribution in [0.15, 0.2) is 0 Å². The van der Waals surface area contributed by atoms with Crippen LogP contribution >= 0.6 is 0 Å². The SMILES string of the molecule is COCC(C)(COCCOCC(C)(COC)C(O)O)C(O)O.COCC(C)(COCCOCC(C)(COC)C(O)O)C(O)O.O.O.[Cu].[Cu]. The molecule has 12 N–H and O–H groups in total. The van der Waals surface area contributed by atoms with Gasteiger partial charge in [-0.2, -0.15) is 0 Å². The van der Waals surface area contributed by atoms with E-state index in [-0.39, 0.29) is 124 Å². The van der Waals surface area contributed by atoms with Gasteiger partial charge in [-0.05, 0) is 0 Å². The fourth-order valence-corrected chi connectivity index (χ4v) is 3.54. The van der Waals surface area contributed by atoms with Gasteiger partial charge in [0.25, 0.3) is 0 Å². The molecule has 0 aromatic carbocycles. The maximum Gasteiger partial charge on any atom is 0.161 e. The monoisotopic (exact) mass is 814 g/mol. The van der Waals surface area contributed by atoms with E-state index in [1.54, 1.807) is 27.7 Å². The Morgan fingerprint density at radius 2 is 0.500 bits per heavy atom. The van der Waals surface area contributed by atoms with Gasteiger partial charge in [-0.1, -0.05) is 27.7 Å². The number of methoxy groups -OCH3 is 4. The number of hydrogen-bond donors (Lipinski definition) is 8. The normalized spacial score (nSPS) is 16.2. The van der Waals surface area contributed by atoms with E-state index in [0.717, 1.165) is 0 Å². The average molecular weight is 816 g/mol. The van der Waals surface area contributed by atoms with Crippen LogP contribution < -0.4 is 0 Å². The van der Waals surface area contributed by atoms with Crippen LogP contribution in [0, 0.1) is 21.7 Å². The summed E-state index contributed by atoms with van der Waals surface area (Å²) in [5.41, 5.74) is -3.66. The second-order valence-electron chi connectivity index (χ2n) is 12.1. The summed E-state index contributed by atoms with van der Waals surface area (Å²) in [6.07, 6.45) is -6.21. The van der Waals surface area contributed by atoms with E-state index in [0.29, 0.717) is 0 Å². The van der Waals surface area contributed by atoms with Gasteiger partial charge in [0.15, 0.2) is 25.2 Å². The van der Waals surface area contributed by atoms with Crippen LogP contribution in [0.4, 0.5) is 0 Å². The second kappa shape index (κ2) is 32.0. The van der Waals surface area contributed by atoms with Gasteiger partial charge in [0.1, 0.15) is 0 Å². The second-order valence-corrected chi connectivity index (χ2v) is 12.1. The van der Waals surface area contributed by atoms with Gasteiger partial charge < -0.3 is 89.7 Å². The van der Waals surface area contributed by atoms with E-state index in [4.69, 9.17) is 37.9 Å².